The lowest BCUT2D eigenvalue weighted by molar-refractivity contribution is -0.139. The second-order valence-electron chi connectivity index (χ2n) is 4.57. The molecule has 0 spiro atoms. The first kappa shape index (κ1) is 14.5. The normalized spacial score (nSPS) is 15.8. The van der Waals surface area contributed by atoms with Crippen molar-refractivity contribution in [1.82, 2.24) is 4.90 Å². The van der Waals surface area contributed by atoms with Crippen LogP contribution in [0.3, 0.4) is 0 Å². The molecule has 0 saturated heterocycles. The van der Waals surface area contributed by atoms with Gasteiger partial charge in [0.15, 0.2) is 0 Å². The summed E-state index contributed by atoms with van der Waals surface area (Å²) in [5.74, 6) is 0.384. The molecule has 0 aromatic heterocycles. The van der Waals surface area contributed by atoms with Crippen LogP contribution in [0.5, 0.6) is 5.75 Å². The van der Waals surface area contributed by atoms with Gasteiger partial charge < -0.3 is 14.4 Å². The van der Waals surface area contributed by atoms with Crippen molar-refractivity contribution in [2.75, 3.05) is 7.11 Å². The van der Waals surface area contributed by atoms with Crippen molar-refractivity contribution in [2.24, 2.45) is 4.99 Å². The summed E-state index contributed by atoms with van der Waals surface area (Å²) in [4.78, 5) is 18.5. The molecule has 0 saturated carbocycles. The number of allylic oxidation sites excluding steroid dienone is 1. The molecule has 22 heavy (non-hydrogen) atoms. The zero-order valence-corrected chi connectivity index (χ0v) is 12.7. The van der Waals surface area contributed by atoms with Crippen LogP contribution in [0.2, 0.25) is 0 Å². The highest BCUT2D eigenvalue weighted by atomic mass is 32.2. The van der Waals surface area contributed by atoms with Crippen molar-refractivity contribution in [3.8, 4) is 5.75 Å². The monoisotopic (exact) mass is 314 g/mol. The molecule has 0 aliphatic carbocycles. The number of thioether (sulfide) groups is 1. The lowest BCUT2D eigenvalue weighted by atomic mass is 10.2. The molecule has 6 heteroatoms. The highest BCUT2D eigenvalue weighted by molar-refractivity contribution is 8.06. The first-order chi connectivity index (χ1) is 10.8. The number of esters is 1. The molecule has 2 aliphatic rings. The highest BCUT2D eigenvalue weighted by Gasteiger charge is 2.19. The summed E-state index contributed by atoms with van der Waals surface area (Å²) in [7, 11) is 1.60. The first-order valence-electron chi connectivity index (χ1n) is 6.63. The number of hydrogen-bond donors (Lipinski definition) is 0. The van der Waals surface area contributed by atoms with Crippen LogP contribution in [0, 0.1) is 0 Å². The summed E-state index contributed by atoms with van der Waals surface area (Å²) in [6, 6.07) is 7.44. The standard InChI is InChI=1S/C16H14N2O3S/c1-20-14-4-2-3-12(7-14)9-21-16(19)15-8-18-11-17-6-5-13(18)10-22-15/h2-8,10-11H,9H2,1H3. The Morgan fingerprint density at radius 2 is 2.32 bits per heavy atom. The Morgan fingerprint density at radius 3 is 3.18 bits per heavy atom. The number of nitrogens with zero attached hydrogens (tertiary/aromatic N) is 2. The summed E-state index contributed by atoms with van der Waals surface area (Å²) in [6.07, 6.45) is 6.96. The van der Waals surface area contributed by atoms with E-state index in [4.69, 9.17) is 9.47 Å². The van der Waals surface area contributed by atoms with Crippen molar-refractivity contribution in [3.05, 3.63) is 64.3 Å². The number of rotatable bonds is 4. The summed E-state index contributed by atoms with van der Waals surface area (Å²) < 4.78 is 10.5. The topological polar surface area (TPSA) is 51.1 Å². The number of aliphatic imine (C=N–C) groups is 1. The fourth-order valence-corrected chi connectivity index (χ4v) is 2.73. The van der Waals surface area contributed by atoms with Crippen LogP contribution in [-0.2, 0) is 16.1 Å². The van der Waals surface area contributed by atoms with E-state index in [9.17, 15) is 4.79 Å². The maximum absolute atomic E-state index is 12.1. The van der Waals surface area contributed by atoms with Gasteiger partial charge in [-0.15, -0.1) is 0 Å². The van der Waals surface area contributed by atoms with Crippen molar-refractivity contribution in [2.45, 2.75) is 6.61 Å². The molecule has 0 N–H and O–H groups in total. The zero-order chi connectivity index (χ0) is 15.4. The Hall–Kier alpha value is -2.47. The van der Waals surface area contributed by atoms with Crippen molar-refractivity contribution in [1.29, 1.82) is 0 Å². The van der Waals surface area contributed by atoms with Gasteiger partial charge in [0.05, 0.1) is 19.1 Å². The molecule has 1 aromatic rings. The van der Waals surface area contributed by atoms with E-state index in [1.165, 1.54) is 11.8 Å². The molecular formula is C16H14N2O3S. The van der Waals surface area contributed by atoms with E-state index >= 15 is 0 Å². The molecule has 0 unspecified atom stereocenters. The third-order valence-electron chi connectivity index (χ3n) is 3.09. The largest absolute Gasteiger partial charge is 0.497 e. The molecule has 0 radical (unpaired) electrons. The van der Waals surface area contributed by atoms with Crippen molar-refractivity contribution >= 4 is 24.1 Å². The maximum Gasteiger partial charge on any atom is 0.346 e. The quantitative estimate of drug-likeness (QED) is 0.800. The van der Waals surface area contributed by atoms with Gasteiger partial charge in [0.1, 0.15) is 17.3 Å². The van der Waals surface area contributed by atoms with Crippen molar-refractivity contribution in [3.63, 3.8) is 0 Å². The molecule has 1 aromatic carbocycles. The molecule has 0 atom stereocenters. The minimum absolute atomic E-state index is 0.207. The van der Waals surface area contributed by atoms with E-state index in [1.54, 1.807) is 30.7 Å². The van der Waals surface area contributed by atoms with Crippen LogP contribution in [0.15, 0.2) is 63.7 Å². The predicted octanol–water partition coefficient (Wildman–Crippen LogP) is 3.03. The van der Waals surface area contributed by atoms with Crippen LogP contribution in [0.25, 0.3) is 0 Å². The molecule has 5 nitrogen and oxygen atoms in total. The second-order valence-corrected chi connectivity index (χ2v) is 5.48. The summed E-state index contributed by atoms with van der Waals surface area (Å²) in [5.41, 5.74) is 1.86. The summed E-state index contributed by atoms with van der Waals surface area (Å²) in [5, 5.41) is 1.89. The summed E-state index contributed by atoms with van der Waals surface area (Å²) in [6.45, 7) is 0.207. The van der Waals surface area contributed by atoms with Crippen LogP contribution in [-0.4, -0.2) is 24.3 Å². The second kappa shape index (κ2) is 6.53. The Kier molecular flexibility index (Phi) is 4.29. The molecule has 2 heterocycles. The van der Waals surface area contributed by atoms with Crippen molar-refractivity contribution < 1.29 is 14.3 Å². The van der Waals surface area contributed by atoms with E-state index in [-0.39, 0.29) is 12.6 Å². The van der Waals surface area contributed by atoms with Gasteiger partial charge >= 0.3 is 5.97 Å². The van der Waals surface area contributed by atoms with Gasteiger partial charge in [-0.1, -0.05) is 23.9 Å². The van der Waals surface area contributed by atoms with Gasteiger partial charge in [-0.05, 0) is 23.8 Å². The average Bonchev–Trinajstić information content (AvgIpc) is 2.59. The smallest absolute Gasteiger partial charge is 0.346 e. The average molecular weight is 314 g/mol. The summed E-state index contributed by atoms with van der Waals surface area (Å²) >= 11 is 1.35. The fraction of sp³-hybridized carbons (Fsp3) is 0.125. The van der Waals surface area contributed by atoms with E-state index in [2.05, 4.69) is 4.99 Å². The molecular weight excluding hydrogens is 300 g/mol. The van der Waals surface area contributed by atoms with E-state index in [0.717, 1.165) is 17.0 Å². The Bertz CT molecular complexity index is 707. The number of ether oxygens (including phenoxy) is 2. The number of methoxy groups -OCH3 is 1. The molecule has 0 bridgehead atoms. The highest BCUT2D eigenvalue weighted by Crippen LogP contribution is 2.29. The molecule has 0 fully saturated rings. The van der Waals surface area contributed by atoms with Gasteiger partial charge in [-0.25, -0.2) is 9.79 Å². The molecule has 112 valence electrons. The van der Waals surface area contributed by atoms with Gasteiger partial charge in [0, 0.05) is 17.8 Å². The molecule has 0 amide bonds. The number of fused-ring (bicyclic) bond motifs is 1. The Labute approximate surface area is 132 Å². The first-order valence-corrected chi connectivity index (χ1v) is 7.51. The minimum atomic E-state index is -0.355. The van der Waals surface area contributed by atoms with Gasteiger partial charge in [-0.2, -0.15) is 0 Å². The zero-order valence-electron chi connectivity index (χ0n) is 11.9. The van der Waals surface area contributed by atoms with Crippen LogP contribution >= 0.6 is 11.8 Å². The maximum atomic E-state index is 12.1. The third-order valence-corrected chi connectivity index (χ3v) is 3.97. The van der Waals surface area contributed by atoms with Crippen LogP contribution < -0.4 is 4.74 Å². The number of hydrogen-bond acceptors (Lipinski definition) is 6. The van der Waals surface area contributed by atoms with E-state index < -0.39 is 0 Å². The van der Waals surface area contributed by atoms with Crippen LogP contribution in [0.1, 0.15) is 5.56 Å². The van der Waals surface area contributed by atoms with E-state index in [0.29, 0.717) is 4.91 Å². The fourth-order valence-electron chi connectivity index (χ4n) is 1.95. The number of carbonyl (C=O) groups excluding carboxylic acids is 1. The van der Waals surface area contributed by atoms with Gasteiger partial charge in [0.25, 0.3) is 0 Å². The molecule has 3 rings (SSSR count). The third kappa shape index (κ3) is 3.23. The molecule has 2 aliphatic heterocycles. The Balaban J connectivity index is 1.62. The minimum Gasteiger partial charge on any atom is -0.497 e. The Morgan fingerprint density at radius 1 is 1.41 bits per heavy atom. The SMILES string of the molecule is COc1cccc(COC(=O)C2=CN3C=NC=CC3=CS2)c1. The van der Waals surface area contributed by atoms with Gasteiger partial charge in [-0.3, -0.25) is 0 Å². The van der Waals surface area contributed by atoms with E-state index in [1.807, 2.05) is 35.7 Å². The predicted molar refractivity (Wildman–Crippen MR) is 86.0 cm³/mol. The number of benzene rings is 1. The number of carbonyl (C=O) groups is 1. The van der Waals surface area contributed by atoms with Gasteiger partial charge in [0.2, 0.25) is 0 Å². The van der Waals surface area contributed by atoms with Crippen LogP contribution in [0.4, 0.5) is 0 Å². The lowest BCUT2D eigenvalue weighted by Crippen LogP contribution is -2.20. The lowest BCUT2D eigenvalue weighted by Gasteiger charge is -2.22.